The van der Waals surface area contributed by atoms with E-state index in [4.69, 9.17) is 0 Å². The minimum atomic E-state index is -4.84. The number of sulfonamides is 1. The molecule has 1 unspecified atom stereocenters. The van der Waals surface area contributed by atoms with Crippen molar-refractivity contribution < 1.29 is 31.5 Å². The number of hydrogen-bond acceptors (Lipinski definition) is 4. The van der Waals surface area contributed by atoms with Gasteiger partial charge in [0.2, 0.25) is 15.9 Å². The first-order chi connectivity index (χ1) is 14.3. The molecule has 1 saturated carbocycles. The fourth-order valence-corrected chi connectivity index (χ4v) is 4.52. The molecule has 2 aromatic rings. The smallest absolute Gasteiger partial charge is 0.376 e. The molecular formula is C21H23F3N2O4S. The molecule has 0 saturated heterocycles. The van der Waals surface area contributed by atoms with Crippen molar-refractivity contribution in [1.82, 2.24) is 4.72 Å². The monoisotopic (exact) mass is 456 g/mol. The summed E-state index contributed by atoms with van der Waals surface area (Å²) in [4.78, 5) is 12.4. The number of rotatable bonds is 7. The maximum absolute atomic E-state index is 13.1. The highest BCUT2D eigenvalue weighted by Gasteiger charge is 2.51. The normalized spacial score (nSPS) is 16.6. The zero-order chi connectivity index (χ0) is 23.0. The Morgan fingerprint density at radius 2 is 1.84 bits per heavy atom. The first-order valence-corrected chi connectivity index (χ1v) is 11.1. The summed E-state index contributed by atoms with van der Waals surface area (Å²) in [6.45, 7) is 2.08. The van der Waals surface area contributed by atoms with Crippen LogP contribution in [0.2, 0.25) is 0 Å². The number of hydrogen-bond donors (Lipinski definition) is 3. The summed E-state index contributed by atoms with van der Waals surface area (Å²) in [5.41, 5.74) is -2.41. The van der Waals surface area contributed by atoms with Crippen LogP contribution in [-0.4, -0.2) is 31.6 Å². The predicted molar refractivity (Wildman–Crippen MR) is 109 cm³/mol. The van der Waals surface area contributed by atoms with Crippen LogP contribution in [0.3, 0.4) is 0 Å². The van der Waals surface area contributed by atoms with E-state index >= 15 is 0 Å². The molecule has 0 aromatic heterocycles. The highest BCUT2D eigenvalue weighted by Crippen LogP contribution is 2.40. The molecule has 0 spiro atoms. The molecule has 31 heavy (non-hydrogen) atoms. The lowest BCUT2D eigenvalue weighted by Gasteiger charge is -2.28. The first-order valence-electron chi connectivity index (χ1n) is 9.61. The molecule has 0 radical (unpaired) electrons. The van der Waals surface area contributed by atoms with Crippen molar-refractivity contribution in [3.63, 3.8) is 0 Å². The molecule has 3 rings (SSSR count). The fraction of sp³-hybridized carbons (Fsp3) is 0.381. The molecule has 1 amide bonds. The zero-order valence-corrected chi connectivity index (χ0v) is 17.8. The fourth-order valence-electron chi connectivity index (χ4n) is 3.14. The number of nitrogens with one attached hydrogen (secondary N) is 2. The summed E-state index contributed by atoms with van der Waals surface area (Å²) in [6.07, 6.45) is -3.36. The maximum Gasteiger partial charge on any atom is 0.421 e. The molecule has 0 aliphatic heterocycles. The van der Waals surface area contributed by atoms with E-state index in [9.17, 15) is 31.5 Å². The largest absolute Gasteiger partial charge is 0.421 e. The van der Waals surface area contributed by atoms with Crippen LogP contribution in [0.4, 0.5) is 18.9 Å². The second-order valence-corrected chi connectivity index (χ2v) is 9.58. The van der Waals surface area contributed by atoms with Crippen molar-refractivity contribution in [2.75, 3.05) is 5.32 Å². The van der Waals surface area contributed by atoms with Gasteiger partial charge in [-0.3, -0.25) is 4.79 Å². The Labute approximate surface area is 178 Å². The van der Waals surface area contributed by atoms with E-state index in [1.807, 2.05) is 0 Å². The van der Waals surface area contributed by atoms with Crippen LogP contribution < -0.4 is 10.0 Å². The Kier molecular flexibility index (Phi) is 6.18. The SMILES string of the molecule is Cc1cc(NC(=O)Cc2cccc(S(=O)(=O)NC3CC3)c2)ccc1C(C)(O)C(F)(F)F. The lowest BCUT2D eigenvalue weighted by atomic mass is 9.91. The minimum absolute atomic E-state index is 0.0405. The summed E-state index contributed by atoms with van der Waals surface area (Å²) >= 11 is 0. The van der Waals surface area contributed by atoms with Crippen LogP contribution in [0.1, 0.15) is 36.5 Å². The van der Waals surface area contributed by atoms with Crippen LogP contribution >= 0.6 is 0 Å². The van der Waals surface area contributed by atoms with Crippen molar-refractivity contribution in [2.45, 2.75) is 55.8 Å². The van der Waals surface area contributed by atoms with Crippen LogP contribution in [-0.2, 0) is 26.8 Å². The minimum Gasteiger partial charge on any atom is -0.376 e. The van der Waals surface area contributed by atoms with Crippen LogP contribution in [0.5, 0.6) is 0 Å². The van der Waals surface area contributed by atoms with Crippen LogP contribution in [0.15, 0.2) is 47.4 Å². The Balaban J connectivity index is 1.70. The summed E-state index contributed by atoms with van der Waals surface area (Å²) in [5.74, 6) is -0.459. The number of aliphatic hydroxyl groups is 1. The number of aryl methyl sites for hydroxylation is 1. The Hall–Kier alpha value is -2.43. The Bertz CT molecular complexity index is 1090. The van der Waals surface area contributed by atoms with E-state index in [0.29, 0.717) is 12.5 Å². The molecule has 3 N–H and O–H groups in total. The van der Waals surface area contributed by atoms with Crippen molar-refractivity contribution >= 4 is 21.6 Å². The van der Waals surface area contributed by atoms with Crippen molar-refractivity contribution in [1.29, 1.82) is 0 Å². The van der Waals surface area contributed by atoms with Crippen LogP contribution in [0, 0.1) is 6.92 Å². The van der Waals surface area contributed by atoms with Gasteiger partial charge in [-0.1, -0.05) is 18.2 Å². The molecule has 1 aliphatic carbocycles. The van der Waals surface area contributed by atoms with Gasteiger partial charge in [0.05, 0.1) is 11.3 Å². The Morgan fingerprint density at radius 3 is 2.42 bits per heavy atom. The average molecular weight is 456 g/mol. The third-order valence-electron chi connectivity index (χ3n) is 5.06. The van der Waals surface area contributed by atoms with Gasteiger partial charge in [-0.2, -0.15) is 13.2 Å². The molecule has 10 heteroatoms. The van der Waals surface area contributed by atoms with Crippen molar-refractivity contribution in [3.8, 4) is 0 Å². The van der Waals surface area contributed by atoms with Gasteiger partial charge in [-0.05, 0) is 67.6 Å². The topological polar surface area (TPSA) is 95.5 Å². The molecule has 2 aromatic carbocycles. The molecule has 6 nitrogen and oxygen atoms in total. The quantitative estimate of drug-likeness (QED) is 0.595. The summed E-state index contributed by atoms with van der Waals surface area (Å²) in [6, 6.07) is 9.72. The van der Waals surface area contributed by atoms with E-state index in [0.717, 1.165) is 18.9 Å². The summed E-state index contributed by atoms with van der Waals surface area (Å²) < 4.78 is 66.4. The van der Waals surface area contributed by atoms with Gasteiger partial charge >= 0.3 is 6.18 Å². The van der Waals surface area contributed by atoms with Gasteiger partial charge in [0.25, 0.3) is 0 Å². The number of carbonyl (C=O) groups is 1. The first kappa shape index (κ1) is 23.2. The van der Waals surface area contributed by atoms with Crippen molar-refractivity contribution in [2.24, 2.45) is 0 Å². The molecule has 0 heterocycles. The number of benzene rings is 2. The molecule has 1 aliphatic rings. The highest BCUT2D eigenvalue weighted by molar-refractivity contribution is 7.89. The average Bonchev–Trinajstić information content (AvgIpc) is 3.44. The van der Waals surface area contributed by atoms with Gasteiger partial charge in [0.1, 0.15) is 0 Å². The zero-order valence-electron chi connectivity index (χ0n) is 17.0. The molecule has 0 bridgehead atoms. The number of alkyl halides is 3. The van der Waals surface area contributed by atoms with E-state index < -0.39 is 27.7 Å². The second-order valence-electron chi connectivity index (χ2n) is 7.87. The van der Waals surface area contributed by atoms with E-state index in [2.05, 4.69) is 10.0 Å². The standard InChI is InChI=1S/C21H23F3N2O4S/c1-13-10-16(8-9-18(13)20(2,28)21(22,23)24)25-19(27)12-14-4-3-5-17(11-14)31(29,30)26-15-6-7-15/h3-5,8-11,15,26,28H,6-7,12H2,1-2H3,(H,25,27). The lowest BCUT2D eigenvalue weighted by molar-refractivity contribution is -0.259. The van der Waals surface area contributed by atoms with Crippen molar-refractivity contribution in [3.05, 3.63) is 59.2 Å². The van der Waals surface area contributed by atoms with E-state index in [1.54, 1.807) is 12.1 Å². The number of amides is 1. The number of carbonyl (C=O) groups excluding carboxylic acids is 1. The van der Waals surface area contributed by atoms with E-state index in [1.165, 1.54) is 31.2 Å². The van der Waals surface area contributed by atoms with Gasteiger partial charge in [0, 0.05) is 11.7 Å². The third kappa shape index (κ3) is 5.44. The summed E-state index contributed by atoms with van der Waals surface area (Å²) in [7, 11) is -3.65. The number of halogens is 3. The van der Waals surface area contributed by atoms with Gasteiger partial charge in [-0.25, -0.2) is 13.1 Å². The highest BCUT2D eigenvalue weighted by atomic mass is 32.2. The summed E-state index contributed by atoms with van der Waals surface area (Å²) in [5, 5.41) is 12.4. The van der Waals surface area contributed by atoms with Crippen LogP contribution in [0.25, 0.3) is 0 Å². The molecule has 168 valence electrons. The predicted octanol–water partition coefficient (Wildman–Crippen LogP) is 3.39. The molecule has 1 atom stereocenters. The lowest BCUT2D eigenvalue weighted by Crippen LogP contribution is -2.39. The maximum atomic E-state index is 13.1. The molecular weight excluding hydrogens is 433 g/mol. The number of anilines is 1. The molecule has 1 fully saturated rings. The van der Waals surface area contributed by atoms with Gasteiger partial charge in [0.15, 0.2) is 5.60 Å². The third-order valence-corrected chi connectivity index (χ3v) is 6.58. The Morgan fingerprint density at radius 1 is 1.16 bits per heavy atom. The second kappa shape index (κ2) is 8.25. The van der Waals surface area contributed by atoms with E-state index in [-0.39, 0.29) is 34.2 Å². The van der Waals surface area contributed by atoms with Gasteiger partial charge < -0.3 is 10.4 Å². The van der Waals surface area contributed by atoms with Gasteiger partial charge in [-0.15, -0.1) is 0 Å².